The molecule has 0 unspecified atom stereocenters. The number of nitrogens with one attached hydrogen (secondary N) is 1. The number of hydrogen-bond acceptors (Lipinski definition) is 6. The van der Waals surface area contributed by atoms with Gasteiger partial charge in [0.15, 0.2) is 5.78 Å². The number of esters is 1. The molecule has 7 nitrogen and oxygen atoms in total. The van der Waals surface area contributed by atoms with E-state index >= 15 is 0 Å². The van der Waals surface area contributed by atoms with Crippen molar-refractivity contribution >= 4 is 29.0 Å². The Morgan fingerprint density at radius 1 is 1.15 bits per heavy atom. The highest BCUT2D eigenvalue weighted by Gasteiger charge is 2.41. The number of ketones is 1. The molecule has 0 amide bonds. The van der Waals surface area contributed by atoms with Crippen molar-refractivity contribution in [2.75, 3.05) is 0 Å². The second kappa shape index (κ2) is 9.43. The number of nitro benzene ring substituents is 1. The first-order valence-electron chi connectivity index (χ1n) is 11.1. The van der Waals surface area contributed by atoms with Crippen LogP contribution in [0.15, 0.2) is 71.1 Å². The number of nitrogens with zero attached hydrogens (tertiary/aromatic N) is 1. The zero-order valence-electron chi connectivity index (χ0n) is 19.1. The molecule has 0 radical (unpaired) electrons. The molecule has 34 heavy (non-hydrogen) atoms. The lowest BCUT2D eigenvalue weighted by Gasteiger charge is -2.36. The van der Waals surface area contributed by atoms with Gasteiger partial charge in [0.1, 0.15) is 0 Å². The van der Waals surface area contributed by atoms with E-state index in [2.05, 4.69) is 5.32 Å². The average Bonchev–Trinajstić information content (AvgIpc) is 2.78. The van der Waals surface area contributed by atoms with Crippen molar-refractivity contribution in [3.63, 3.8) is 0 Å². The van der Waals surface area contributed by atoms with Crippen LogP contribution in [0.2, 0.25) is 5.02 Å². The minimum atomic E-state index is -0.749. The van der Waals surface area contributed by atoms with Gasteiger partial charge in [0.2, 0.25) is 0 Å². The third-order valence-corrected chi connectivity index (χ3v) is 6.40. The van der Waals surface area contributed by atoms with Crippen LogP contribution in [0.1, 0.15) is 56.6 Å². The van der Waals surface area contributed by atoms with E-state index in [0.717, 1.165) is 11.3 Å². The highest BCUT2D eigenvalue weighted by atomic mass is 35.5. The smallest absolute Gasteiger partial charge is 0.337 e. The molecule has 1 aliphatic carbocycles. The van der Waals surface area contributed by atoms with Gasteiger partial charge in [-0.25, -0.2) is 4.79 Å². The molecular formula is C26H25ClN2O5. The molecule has 1 aliphatic heterocycles. The molecule has 0 aromatic heterocycles. The van der Waals surface area contributed by atoms with Gasteiger partial charge in [-0.2, -0.15) is 0 Å². The van der Waals surface area contributed by atoms with Crippen LogP contribution in [0.3, 0.4) is 0 Å². The number of dihydropyridines is 1. The number of allylic oxidation sites excluding steroid dienone is 3. The van der Waals surface area contributed by atoms with E-state index < -0.39 is 16.8 Å². The summed E-state index contributed by atoms with van der Waals surface area (Å²) in [4.78, 5) is 37.6. The van der Waals surface area contributed by atoms with Crippen LogP contribution in [0.4, 0.5) is 5.69 Å². The van der Waals surface area contributed by atoms with Crippen molar-refractivity contribution in [1.82, 2.24) is 5.32 Å². The number of rotatable bonds is 5. The van der Waals surface area contributed by atoms with Crippen molar-refractivity contribution in [1.29, 1.82) is 0 Å². The van der Waals surface area contributed by atoms with Gasteiger partial charge in [0.05, 0.1) is 16.6 Å². The number of Topliss-reactive ketones (excluding diaryl/α,β-unsaturated/α-hetero) is 1. The molecule has 0 saturated carbocycles. The van der Waals surface area contributed by atoms with Gasteiger partial charge in [-0.3, -0.25) is 14.9 Å². The Morgan fingerprint density at radius 3 is 2.50 bits per heavy atom. The molecule has 2 aliphatic rings. The van der Waals surface area contributed by atoms with Crippen LogP contribution in [0.25, 0.3) is 0 Å². The molecule has 2 aromatic carbocycles. The molecule has 4 rings (SSSR count). The van der Waals surface area contributed by atoms with Gasteiger partial charge < -0.3 is 10.1 Å². The molecule has 0 bridgehead atoms. The molecule has 1 heterocycles. The number of hydrogen-bond donors (Lipinski definition) is 1. The molecule has 2 atom stereocenters. The predicted octanol–water partition coefficient (Wildman–Crippen LogP) is 5.56. The molecule has 0 saturated heterocycles. The quantitative estimate of drug-likeness (QED) is 0.341. The van der Waals surface area contributed by atoms with E-state index in [1.165, 1.54) is 12.1 Å². The third-order valence-electron chi connectivity index (χ3n) is 6.15. The first-order valence-corrected chi connectivity index (χ1v) is 11.5. The molecule has 176 valence electrons. The van der Waals surface area contributed by atoms with E-state index in [9.17, 15) is 19.7 Å². The van der Waals surface area contributed by atoms with Crippen molar-refractivity contribution < 1.29 is 19.2 Å². The summed E-state index contributed by atoms with van der Waals surface area (Å²) in [7, 11) is 0. The lowest BCUT2D eigenvalue weighted by molar-refractivity contribution is -0.384. The number of ether oxygens (including phenoxy) is 1. The standard InChI is InChI=1S/C26H25ClN2O5/c1-14(2)34-26(31)23-15(3)28-21-12-18(16-7-9-19(27)10-8-16)13-22(30)25(21)24(23)17-5-4-6-20(11-17)29(32)33/h4-11,14,18,24,28H,12-13H2,1-3H3/t18-,24+/m0/s1. The third kappa shape index (κ3) is 4.61. The molecular weight excluding hydrogens is 456 g/mol. The summed E-state index contributed by atoms with van der Waals surface area (Å²) in [5.41, 5.74) is 3.48. The largest absolute Gasteiger partial charge is 0.460 e. The molecule has 1 N–H and O–H groups in total. The lowest BCUT2D eigenvalue weighted by Crippen LogP contribution is -2.36. The van der Waals surface area contributed by atoms with Gasteiger partial charge in [0.25, 0.3) is 5.69 Å². The van der Waals surface area contributed by atoms with Gasteiger partial charge in [-0.05, 0) is 56.4 Å². The van der Waals surface area contributed by atoms with Crippen LogP contribution in [0.5, 0.6) is 0 Å². The van der Waals surface area contributed by atoms with E-state index in [4.69, 9.17) is 16.3 Å². The van der Waals surface area contributed by atoms with Crippen molar-refractivity contribution in [3.05, 3.63) is 97.3 Å². The fourth-order valence-electron chi connectivity index (χ4n) is 4.71. The Morgan fingerprint density at radius 2 is 1.85 bits per heavy atom. The summed E-state index contributed by atoms with van der Waals surface area (Å²) in [6.45, 7) is 5.26. The van der Waals surface area contributed by atoms with E-state index in [-0.39, 0.29) is 29.9 Å². The monoisotopic (exact) mass is 480 g/mol. The van der Waals surface area contributed by atoms with E-state index in [1.807, 2.05) is 12.1 Å². The van der Waals surface area contributed by atoms with Crippen LogP contribution in [-0.2, 0) is 14.3 Å². The zero-order valence-corrected chi connectivity index (χ0v) is 19.9. The van der Waals surface area contributed by atoms with Gasteiger partial charge in [-0.15, -0.1) is 0 Å². The number of carbonyl (C=O) groups excluding carboxylic acids is 2. The summed E-state index contributed by atoms with van der Waals surface area (Å²) in [5, 5.41) is 15.3. The fourth-order valence-corrected chi connectivity index (χ4v) is 4.84. The summed E-state index contributed by atoms with van der Waals surface area (Å²) in [6.07, 6.45) is 0.474. The maximum absolute atomic E-state index is 13.5. The summed E-state index contributed by atoms with van der Waals surface area (Å²) in [6, 6.07) is 13.5. The highest BCUT2D eigenvalue weighted by Crippen LogP contribution is 2.46. The number of carbonyl (C=O) groups is 2. The Balaban J connectivity index is 1.82. The van der Waals surface area contributed by atoms with E-state index in [0.29, 0.717) is 33.9 Å². The molecule has 0 spiro atoms. The molecule has 2 aromatic rings. The van der Waals surface area contributed by atoms with Crippen LogP contribution >= 0.6 is 11.6 Å². The summed E-state index contributed by atoms with van der Waals surface area (Å²) in [5.74, 6) is -1.44. The number of non-ortho nitro benzene ring substituents is 1. The second-order valence-corrected chi connectivity index (χ2v) is 9.31. The average molecular weight is 481 g/mol. The normalized spacial score (nSPS) is 20.2. The highest BCUT2D eigenvalue weighted by molar-refractivity contribution is 6.30. The first-order chi connectivity index (χ1) is 16.2. The van der Waals surface area contributed by atoms with Crippen molar-refractivity contribution in [3.8, 4) is 0 Å². The summed E-state index contributed by atoms with van der Waals surface area (Å²) >= 11 is 6.03. The lowest BCUT2D eigenvalue weighted by atomic mass is 9.71. The fraction of sp³-hybridized carbons (Fsp3) is 0.308. The topological polar surface area (TPSA) is 98.5 Å². The minimum absolute atomic E-state index is 0.0428. The maximum atomic E-state index is 13.5. The van der Waals surface area contributed by atoms with Gasteiger partial charge >= 0.3 is 5.97 Å². The Kier molecular flexibility index (Phi) is 6.57. The summed E-state index contributed by atoms with van der Waals surface area (Å²) < 4.78 is 5.49. The van der Waals surface area contributed by atoms with Crippen LogP contribution in [-0.4, -0.2) is 22.8 Å². The van der Waals surface area contributed by atoms with Crippen molar-refractivity contribution in [2.45, 2.75) is 51.6 Å². The van der Waals surface area contributed by atoms with Gasteiger partial charge in [0, 0.05) is 46.5 Å². The Hall–Kier alpha value is -3.45. The second-order valence-electron chi connectivity index (χ2n) is 8.87. The Bertz CT molecular complexity index is 1230. The molecule has 8 heteroatoms. The SMILES string of the molecule is CC1=C(C(=O)OC(C)C)[C@@H](c2cccc([N+](=O)[O-])c2)C2=C(C[C@H](c3ccc(Cl)cc3)CC2=O)N1. The molecule has 0 fully saturated rings. The van der Waals surface area contributed by atoms with Crippen LogP contribution < -0.4 is 5.32 Å². The first kappa shape index (κ1) is 23.7. The number of nitro groups is 1. The van der Waals surface area contributed by atoms with Crippen molar-refractivity contribution in [2.24, 2.45) is 0 Å². The van der Waals surface area contributed by atoms with Crippen LogP contribution in [0, 0.1) is 10.1 Å². The Labute approximate surface area is 202 Å². The minimum Gasteiger partial charge on any atom is -0.460 e. The predicted molar refractivity (Wildman–Crippen MR) is 128 cm³/mol. The van der Waals surface area contributed by atoms with E-state index in [1.54, 1.807) is 45.0 Å². The number of halogens is 1. The van der Waals surface area contributed by atoms with Gasteiger partial charge in [-0.1, -0.05) is 35.9 Å². The maximum Gasteiger partial charge on any atom is 0.337 e. The number of benzene rings is 2. The zero-order chi connectivity index (χ0) is 24.6.